The molecule has 0 saturated carbocycles. The molecule has 4 aromatic heterocycles. The van der Waals surface area contributed by atoms with Crippen LogP contribution in [0, 0.1) is 11.3 Å². The van der Waals surface area contributed by atoms with Crippen molar-refractivity contribution in [1.29, 1.82) is 5.26 Å². The summed E-state index contributed by atoms with van der Waals surface area (Å²) in [7, 11) is 0. The van der Waals surface area contributed by atoms with Crippen LogP contribution in [0.3, 0.4) is 0 Å². The average molecular weight is 392 g/mol. The molecule has 0 aliphatic rings. The summed E-state index contributed by atoms with van der Waals surface area (Å²) in [4.78, 5) is 16.5. The van der Waals surface area contributed by atoms with Gasteiger partial charge in [-0.25, -0.2) is 9.50 Å². The van der Waals surface area contributed by atoms with E-state index in [0.29, 0.717) is 43.5 Å². The van der Waals surface area contributed by atoms with Gasteiger partial charge in [-0.05, 0) is 6.07 Å². The first-order valence-corrected chi connectivity index (χ1v) is 8.63. The number of hydrogen-bond acceptors (Lipinski definition) is 6. The van der Waals surface area contributed by atoms with Gasteiger partial charge < -0.3 is 0 Å². The maximum atomic E-state index is 12.1. The number of aromatic nitrogens is 6. The Morgan fingerprint density at radius 1 is 1.28 bits per heavy atom. The Hall–Kier alpha value is -2.54. The summed E-state index contributed by atoms with van der Waals surface area (Å²) in [5, 5.41) is 21.3. The van der Waals surface area contributed by atoms with Gasteiger partial charge in [0, 0.05) is 24.2 Å². The van der Waals surface area contributed by atoms with Crippen molar-refractivity contribution in [3.05, 3.63) is 56.2 Å². The van der Waals surface area contributed by atoms with Crippen LogP contribution in [0.4, 0.5) is 0 Å². The maximum Gasteiger partial charge on any atom is 0.272 e. The topological polar surface area (TPSA) is 104 Å². The SMILES string of the molecule is N#Cc1c[nH]n2c(=O)cc(CSc3nnc4c(Cl)cc(Cl)cn34)nc12. The van der Waals surface area contributed by atoms with Crippen LogP contribution >= 0.6 is 35.0 Å². The molecule has 0 atom stereocenters. The monoisotopic (exact) mass is 391 g/mol. The molecule has 0 radical (unpaired) electrons. The number of halogens is 2. The van der Waals surface area contributed by atoms with E-state index in [9.17, 15) is 4.79 Å². The lowest BCUT2D eigenvalue weighted by molar-refractivity contribution is 0.886. The number of hydrogen-bond donors (Lipinski definition) is 1. The van der Waals surface area contributed by atoms with Crippen LogP contribution in [0.25, 0.3) is 11.3 Å². The van der Waals surface area contributed by atoms with Crippen molar-refractivity contribution in [2.24, 2.45) is 0 Å². The third-order valence-electron chi connectivity index (χ3n) is 3.42. The van der Waals surface area contributed by atoms with E-state index in [-0.39, 0.29) is 5.56 Å². The summed E-state index contributed by atoms with van der Waals surface area (Å²) in [5.74, 6) is 0.368. The van der Waals surface area contributed by atoms with E-state index in [1.807, 2.05) is 6.07 Å². The second-order valence-electron chi connectivity index (χ2n) is 5.01. The maximum absolute atomic E-state index is 12.1. The molecule has 11 heteroatoms. The third-order valence-corrected chi connectivity index (χ3v) is 4.88. The number of nitrogens with zero attached hydrogens (tertiary/aromatic N) is 6. The molecule has 0 aliphatic heterocycles. The summed E-state index contributed by atoms with van der Waals surface area (Å²) in [5.41, 5.74) is 1.32. The van der Waals surface area contributed by atoms with Crippen molar-refractivity contribution in [1.82, 2.24) is 29.2 Å². The molecule has 124 valence electrons. The van der Waals surface area contributed by atoms with E-state index in [2.05, 4.69) is 20.3 Å². The van der Waals surface area contributed by atoms with Crippen LogP contribution in [0.1, 0.15) is 11.3 Å². The first kappa shape index (κ1) is 16.0. The average Bonchev–Trinajstić information content (AvgIpc) is 3.17. The molecule has 8 nitrogen and oxygen atoms in total. The number of aromatic amines is 1. The number of rotatable bonds is 3. The Kier molecular flexibility index (Phi) is 3.88. The molecule has 0 saturated heterocycles. The lowest BCUT2D eigenvalue weighted by Gasteiger charge is -2.02. The molecule has 4 rings (SSSR count). The molecular formula is C14H7Cl2N7OS. The van der Waals surface area contributed by atoms with Gasteiger partial charge in [-0.1, -0.05) is 35.0 Å². The number of thioether (sulfide) groups is 1. The predicted octanol–water partition coefficient (Wildman–Crippen LogP) is 2.54. The summed E-state index contributed by atoms with van der Waals surface area (Å²) >= 11 is 13.4. The van der Waals surface area contributed by atoms with E-state index in [0.717, 1.165) is 0 Å². The van der Waals surface area contributed by atoms with Gasteiger partial charge in [-0.3, -0.25) is 14.3 Å². The Morgan fingerprint density at radius 2 is 2.12 bits per heavy atom. The quantitative estimate of drug-likeness (QED) is 0.538. The molecule has 0 amide bonds. The smallest absolute Gasteiger partial charge is 0.272 e. The molecule has 4 heterocycles. The Balaban J connectivity index is 1.69. The van der Waals surface area contributed by atoms with Crippen molar-refractivity contribution >= 4 is 46.3 Å². The van der Waals surface area contributed by atoms with E-state index >= 15 is 0 Å². The van der Waals surface area contributed by atoms with Crippen LogP contribution in [-0.4, -0.2) is 29.2 Å². The van der Waals surface area contributed by atoms with Gasteiger partial charge in [0.25, 0.3) is 5.56 Å². The van der Waals surface area contributed by atoms with Crippen LogP contribution in [0.2, 0.25) is 10.0 Å². The summed E-state index contributed by atoms with van der Waals surface area (Å²) in [6.07, 6.45) is 3.10. The van der Waals surface area contributed by atoms with Gasteiger partial charge in [0.2, 0.25) is 0 Å². The summed E-state index contributed by atoms with van der Waals surface area (Å²) in [6, 6.07) is 4.99. The van der Waals surface area contributed by atoms with Gasteiger partial charge in [0.05, 0.1) is 15.7 Å². The first-order chi connectivity index (χ1) is 12.1. The zero-order valence-corrected chi connectivity index (χ0v) is 14.6. The Bertz CT molecular complexity index is 1220. The van der Waals surface area contributed by atoms with Crippen LogP contribution in [0.5, 0.6) is 0 Å². The highest BCUT2D eigenvalue weighted by Crippen LogP contribution is 2.26. The highest BCUT2D eigenvalue weighted by Gasteiger charge is 2.13. The van der Waals surface area contributed by atoms with E-state index < -0.39 is 0 Å². The lowest BCUT2D eigenvalue weighted by atomic mass is 10.3. The van der Waals surface area contributed by atoms with Gasteiger partial charge in [0.15, 0.2) is 16.5 Å². The largest absolute Gasteiger partial charge is 0.295 e. The second kappa shape index (κ2) is 6.07. The minimum atomic E-state index is -0.292. The lowest BCUT2D eigenvalue weighted by Crippen LogP contribution is -2.15. The number of fused-ring (bicyclic) bond motifs is 2. The molecule has 0 unspecified atom stereocenters. The number of nitriles is 1. The molecule has 25 heavy (non-hydrogen) atoms. The number of H-pyrrole nitrogens is 1. The minimum Gasteiger partial charge on any atom is -0.295 e. The van der Waals surface area contributed by atoms with Crippen molar-refractivity contribution < 1.29 is 0 Å². The molecule has 0 spiro atoms. The number of pyridine rings is 1. The van der Waals surface area contributed by atoms with E-state index in [4.69, 9.17) is 28.5 Å². The zero-order chi connectivity index (χ0) is 17.6. The van der Waals surface area contributed by atoms with E-state index in [1.54, 1.807) is 16.7 Å². The highest BCUT2D eigenvalue weighted by molar-refractivity contribution is 7.98. The number of nitrogens with one attached hydrogen (secondary N) is 1. The van der Waals surface area contributed by atoms with E-state index in [1.165, 1.54) is 28.5 Å². The fraction of sp³-hybridized carbons (Fsp3) is 0.0714. The molecule has 0 bridgehead atoms. The minimum absolute atomic E-state index is 0.292. The molecule has 4 aromatic rings. The van der Waals surface area contributed by atoms with Crippen molar-refractivity contribution in [2.45, 2.75) is 10.9 Å². The van der Waals surface area contributed by atoms with Crippen molar-refractivity contribution in [2.75, 3.05) is 0 Å². The van der Waals surface area contributed by atoms with Crippen molar-refractivity contribution in [3.8, 4) is 6.07 Å². The fourth-order valence-corrected chi connectivity index (χ4v) is 3.64. The first-order valence-electron chi connectivity index (χ1n) is 6.89. The van der Waals surface area contributed by atoms with Gasteiger partial charge in [-0.2, -0.15) is 5.26 Å². The zero-order valence-electron chi connectivity index (χ0n) is 12.3. The van der Waals surface area contributed by atoms with Gasteiger partial charge in [-0.15, -0.1) is 10.2 Å². The second-order valence-corrected chi connectivity index (χ2v) is 6.80. The fourth-order valence-electron chi connectivity index (χ4n) is 2.32. The molecule has 0 aromatic carbocycles. The van der Waals surface area contributed by atoms with Crippen molar-refractivity contribution in [3.63, 3.8) is 0 Å². The standard InChI is InChI=1S/C14H7Cl2N7OS/c15-8-1-10(16)13-20-21-14(22(13)5-8)25-6-9-2-11(24)23-12(19-9)7(3-17)4-18-23/h1-2,4-5,18H,6H2. The summed E-state index contributed by atoms with van der Waals surface area (Å²) < 4.78 is 2.90. The molecule has 1 N–H and O–H groups in total. The third kappa shape index (κ3) is 2.74. The Labute approximate surface area is 154 Å². The predicted molar refractivity (Wildman–Crippen MR) is 93.1 cm³/mol. The Morgan fingerprint density at radius 3 is 2.92 bits per heavy atom. The molecule has 0 fully saturated rings. The normalized spacial score (nSPS) is 11.2. The molecular weight excluding hydrogens is 385 g/mol. The van der Waals surface area contributed by atoms with Crippen LogP contribution < -0.4 is 5.56 Å². The molecule has 0 aliphatic carbocycles. The van der Waals surface area contributed by atoms with Crippen LogP contribution in [0.15, 0.2) is 34.5 Å². The van der Waals surface area contributed by atoms with Gasteiger partial charge in [0.1, 0.15) is 11.6 Å². The summed E-state index contributed by atoms with van der Waals surface area (Å²) in [6.45, 7) is 0. The van der Waals surface area contributed by atoms with Gasteiger partial charge >= 0.3 is 0 Å². The van der Waals surface area contributed by atoms with Crippen LogP contribution in [-0.2, 0) is 5.75 Å². The highest BCUT2D eigenvalue weighted by atomic mass is 35.5.